The maximum absolute atomic E-state index is 11.1. The Labute approximate surface area is 171 Å². The number of hydrogen-bond donors (Lipinski definition) is 1. The average Bonchev–Trinajstić information content (AvgIpc) is 3.07. The van der Waals surface area contributed by atoms with Crippen LogP contribution < -0.4 is 0 Å². The van der Waals surface area contributed by atoms with Crippen LogP contribution in [0.3, 0.4) is 0 Å². The molecule has 2 heterocycles. The Hall–Kier alpha value is -2.95. The third kappa shape index (κ3) is 3.35. The van der Waals surface area contributed by atoms with Crippen LogP contribution in [0.15, 0.2) is 42.7 Å². The predicted molar refractivity (Wildman–Crippen MR) is 114 cm³/mol. The van der Waals surface area contributed by atoms with E-state index in [2.05, 4.69) is 38.3 Å². The largest absolute Gasteiger partial charge is 0.478 e. The molecule has 5 nitrogen and oxygen atoms in total. The normalized spacial score (nSPS) is 17.0. The van der Waals surface area contributed by atoms with E-state index in [0.717, 1.165) is 46.7 Å². The number of carboxylic acid groups (broad SMARTS) is 1. The highest BCUT2D eigenvalue weighted by Crippen LogP contribution is 2.44. The Kier molecular flexibility index (Phi) is 4.37. The molecule has 1 N–H and O–H groups in total. The molecule has 0 bridgehead atoms. The first-order valence-corrected chi connectivity index (χ1v) is 9.97. The van der Waals surface area contributed by atoms with Crippen molar-refractivity contribution in [3.05, 3.63) is 59.7 Å². The summed E-state index contributed by atoms with van der Waals surface area (Å²) >= 11 is 0. The summed E-state index contributed by atoms with van der Waals surface area (Å²) in [5.41, 5.74) is 6.41. The summed E-state index contributed by atoms with van der Waals surface area (Å²) < 4.78 is 2.05. The molecule has 2 aromatic heterocycles. The summed E-state index contributed by atoms with van der Waals surface area (Å²) in [6.07, 6.45) is 6.14. The highest BCUT2D eigenvalue weighted by molar-refractivity contribution is 5.88. The van der Waals surface area contributed by atoms with Crippen LogP contribution in [0, 0.1) is 0 Å². The molecule has 1 aliphatic rings. The lowest BCUT2D eigenvalue weighted by molar-refractivity contribution is 0.0697. The van der Waals surface area contributed by atoms with Gasteiger partial charge in [0, 0.05) is 29.6 Å². The van der Waals surface area contributed by atoms with Gasteiger partial charge in [-0.1, -0.05) is 39.8 Å². The Morgan fingerprint density at radius 1 is 1.00 bits per heavy atom. The van der Waals surface area contributed by atoms with Crippen LogP contribution in [0.5, 0.6) is 0 Å². The monoisotopic (exact) mass is 389 g/mol. The predicted octanol–water partition coefficient (Wildman–Crippen LogP) is 5.20. The molecule has 0 aliphatic heterocycles. The topological polar surface area (TPSA) is 68.0 Å². The fourth-order valence-electron chi connectivity index (χ4n) is 4.12. The molecule has 1 aliphatic carbocycles. The lowest BCUT2D eigenvalue weighted by Gasteiger charge is -2.39. The summed E-state index contributed by atoms with van der Waals surface area (Å²) in [6.45, 7) is 8.99. The number of aryl methyl sites for hydroxylation is 1. The minimum Gasteiger partial charge on any atom is -0.478 e. The van der Waals surface area contributed by atoms with Crippen LogP contribution in [0.2, 0.25) is 0 Å². The molecular weight excluding hydrogens is 362 g/mol. The number of rotatable bonds is 3. The molecule has 0 saturated carbocycles. The van der Waals surface area contributed by atoms with Crippen molar-refractivity contribution in [3.63, 3.8) is 0 Å². The quantitative estimate of drug-likeness (QED) is 0.669. The number of aromatic carboxylic acids is 1. The summed E-state index contributed by atoms with van der Waals surface area (Å²) in [7, 11) is 2.00. The number of carbonyl (C=O) groups is 1. The van der Waals surface area contributed by atoms with E-state index in [1.54, 1.807) is 12.1 Å². The number of fused-ring (bicyclic) bond motifs is 1. The fourth-order valence-corrected chi connectivity index (χ4v) is 4.12. The van der Waals surface area contributed by atoms with Crippen molar-refractivity contribution in [2.24, 2.45) is 7.05 Å². The molecule has 0 unspecified atom stereocenters. The summed E-state index contributed by atoms with van der Waals surface area (Å²) in [6, 6.07) is 9.04. The maximum Gasteiger partial charge on any atom is 0.335 e. The van der Waals surface area contributed by atoms with E-state index in [1.165, 1.54) is 0 Å². The van der Waals surface area contributed by atoms with Gasteiger partial charge in [0.05, 0.1) is 28.8 Å². The first kappa shape index (κ1) is 19.4. The molecule has 0 fully saturated rings. The van der Waals surface area contributed by atoms with Crippen LogP contribution in [-0.2, 0) is 17.9 Å². The molecule has 0 spiro atoms. The van der Waals surface area contributed by atoms with Gasteiger partial charge in [0.1, 0.15) is 5.69 Å². The van der Waals surface area contributed by atoms with Crippen LogP contribution in [0.25, 0.3) is 22.5 Å². The SMILES string of the molecule is Cn1cc(-c2ccc(C(=O)O)cc2)cc1-c1cnc2c(n1)C(C)(C)CCC2(C)C. The summed E-state index contributed by atoms with van der Waals surface area (Å²) in [5, 5.41) is 9.10. The van der Waals surface area contributed by atoms with Crippen molar-refractivity contribution in [1.29, 1.82) is 0 Å². The summed E-state index contributed by atoms with van der Waals surface area (Å²) in [4.78, 5) is 21.0. The van der Waals surface area contributed by atoms with Gasteiger partial charge in [-0.25, -0.2) is 9.78 Å². The second-order valence-corrected chi connectivity index (χ2v) is 9.33. The Morgan fingerprint density at radius 2 is 1.62 bits per heavy atom. The first-order valence-electron chi connectivity index (χ1n) is 9.97. The highest BCUT2D eigenvalue weighted by Gasteiger charge is 2.39. The smallest absolute Gasteiger partial charge is 0.335 e. The number of carboxylic acids is 1. The lowest BCUT2D eigenvalue weighted by Crippen LogP contribution is -2.36. The zero-order valence-corrected chi connectivity index (χ0v) is 17.7. The van der Waals surface area contributed by atoms with Crippen LogP contribution in [0.1, 0.15) is 62.3 Å². The minimum absolute atomic E-state index is 0.00845. The Balaban J connectivity index is 1.76. The molecule has 150 valence electrons. The molecule has 29 heavy (non-hydrogen) atoms. The zero-order chi connectivity index (χ0) is 21.0. The van der Waals surface area contributed by atoms with Crippen molar-refractivity contribution in [3.8, 4) is 22.5 Å². The van der Waals surface area contributed by atoms with Crippen molar-refractivity contribution < 1.29 is 9.90 Å². The van der Waals surface area contributed by atoms with Gasteiger partial charge in [-0.3, -0.25) is 4.98 Å². The number of aromatic nitrogens is 3. The maximum atomic E-state index is 11.1. The van der Waals surface area contributed by atoms with Crippen molar-refractivity contribution in [2.75, 3.05) is 0 Å². The van der Waals surface area contributed by atoms with Gasteiger partial charge in [0.15, 0.2) is 0 Å². The van der Waals surface area contributed by atoms with Crippen molar-refractivity contribution in [1.82, 2.24) is 14.5 Å². The van der Waals surface area contributed by atoms with E-state index in [1.807, 2.05) is 31.6 Å². The van der Waals surface area contributed by atoms with E-state index in [-0.39, 0.29) is 16.4 Å². The molecule has 3 aromatic rings. The molecule has 0 saturated heterocycles. The molecule has 1 aromatic carbocycles. The number of benzene rings is 1. The van der Waals surface area contributed by atoms with Crippen molar-refractivity contribution in [2.45, 2.75) is 51.4 Å². The highest BCUT2D eigenvalue weighted by atomic mass is 16.4. The van der Waals surface area contributed by atoms with Gasteiger partial charge in [0.2, 0.25) is 0 Å². The van der Waals surface area contributed by atoms with E-state index in [0.29, 0.717) is 0 Å². The number of nitrogens with zero attached hydrogens (tertiary/aromatic N) is 3. The first-order chi connectivity index (χ1) is 13.6. The Morgan fingerprint density at radius 3 is 2.24 bits per heavy atom. The van der Waals surface area contributed by atoms with E-state index in [4.69, 9.17) is 15.1 Å². The van der Waals surface area contributed by atoms with Gasteiger partial charge >= 0.3 is 5.97 Å². The second kappa shape index (κ2) is 6.55. The van der Waals surface area contributed by atoms with E-state index in [9.17, 15) is 4.79 Å². The second-order valence-electron chi connectivity index (χ2n) is 9.33. The van der Waals surface area contributed by atoms with Crippen LogP contribution >= 0.6 is 0 Å². The average molecular weight is 389 g/mol. The number of hydrogen-bond acceptors (Lipinski definition) is 3. The molecule has 0 atom stereocenters. The van der Waals surface area contributed by atoms with Gasteiger partial charge < -0.3 is 9.67 Å². The lowest BCUT2D eigenvalue weighted by atomic mass is 9.67. The zero-order valence-electron chi connectivity index (χ0n) is 17.7. The summed E-state index contributed by atoms with van der Waals surface area (Å²) in [5.74, 6) is -0.917. The van der Waals surface area contributed by atoms with Crippen LogP contribution in [0.4, 0.5) is 0 Å². The standard InChI is InChI=1S/C24H27N3O2/c1-23(2)10-11-24(3,4)21-20(23)25-13-18(26-21)19-12-17(14-27(19)5)15-6-8-16(9-7-15)22(28)29/h6-9,12-14H,10-11H2,1-5H3,(H,28,29). The Bertz CT molecular complexity index is 1090. The third-order valence-electron chi connectivity index (χ3n) is 6.16. The molecule has 0 radical (unpaired) electrons. The van der Waals surface area contributed by atoms with Gasteiger partial charge in [-0.2, -0.15) is 0 Å². The van der Waals surface area contributed by atoms with Gasteiger partial charge in [0.25, 0.3) is 0 Å². The van der Waals surface area contributed by atoms with Crippen LogP contribution in [-0.4, -0.2) is 25.6 Å². The molecule has 4 rings (SSSR count). The van der Waals surface area contributed by atoms with E-state index >= 15 is 0 Å². The molecule has 5 heteroatoms. The molecule has 0 amide bonds. The van der Waals surface area contributed by atoms with Crippen molar-refractivity contribution >= 4 is 5.97 Å². The van der Waals surface area contributed by atoms with E-state index < -0.39 is 5.97 Å². The third-order valence-corrected chi connectivity index (χ3v) is 6.16. The fraction of sp³-hybridized carbons (Fsp3) is 0.375. The molecular formula is C24H27N3O2. The van der Waals surface area contributed by atoms with Gasteiger partial charge in [-0.05, 0) is 36.6 Å². The minimum atomic E-state index is -0.917. The van der Waals surface area contributed by atoms with Gasteiger partial charge in [-0.15, -0.1) is 0 Å².